The maximum absolute atomic E-state index is 11.3. The van der Waals surface area contributed by atoms with Crippen molar-refractivity contribution in [2.45, 2.75) is 32.2 Å². The summed E-state index contributed by atoms with van der Waals surface area (Å²) in [6, 6.07) is 0. The molecular formula is C9H15NO3. The first-order valence-corrected chi connectivity index (χ1v) is 4.39. The Morgan fingerprint density at radius 2 is 2.08 bits per heavy atom. The SMILES string of the molecule is COC(=O)N1CCC[C@@]1(C)C(C)=O. The second kappa shape index (κ2) is 3.36. The third-order valence-corrected chi connectivity index (χ3v) is 2.79. The number of methoxy groups -OCH3 is 1. The van der Waals surface area contributed by atoms with Crippen LogP contribution >= 0.6 is 0 Å². The van der Waals surface area contributed by atoms with Crippen molar-refractivity contribution in [2.75, 3.05) is 13.7 Å². The summed E-state index contributed by atoms with van der Waals surface area (Å²) in [5.41, 5.74) is -0.646. The number of nitrogens with zero attached hydrogens (tertiary/aromatic N) is 1. The molecule has 0 bridgehead atoms. The van der Waals surface area contributed by atoms with Gasteiger partial charge in [0.2, 0.25) is 0 Å². The number of carbonyl (C=O) groups is 2. The van der Waals surface area contributed by atoms with Crippen LogP contribution in [0.4, 0.5) is 4.79 Å². The van der Waals surface area contributed by atoms with E-state index < -0.39 is 11.6 Å². The van der Waals surface area contributed by atoms with Crippen LogP contribution in [0.2, 0.25) is 0 Å². The van der Waals surface area contributed by atoms with Crippen molar-refractivity contribution in [1.29, 1.82) is 0 Å². The molecule has 0 aromatic rings. The Morgan fingerprint density at radius 3 is 2.54 bits per heavy atom. The third-order valence-electron chi connectivity index (χ3n) is 2.79. The summed E-state index contributed by atoms with van der Waals surface area (Å²) in [5, 5.41) is 0. The molecule has 1 aliphatic heterocycles. The molecule has 13 heavy (non-hydrogen) atoms. The number of ether oxygens (including phenoxy) is 1. The highest BCUT2D eigenvalue weighted by Gasteiger charge is 2.43. The molecule has 0 aromatic carbocycles. The van der Waals surface area contributed by atoms with E-state index in [2.05, 4.69) is 4.74 Å². The lowest BCUT2D eigenvalue weighted by atomic mass is 9.95. The number of Topliss-reactive ketones (excluding diaryl/α,β-unsaturated/α-hetero) is 1. The fourth-order valence-electron chi connectivity index (χ4n) is 1.73. The second-order valence-electron chi connectivity index (χ2n) is 3.56. The van der Waals surface area contributed by atoms with Crippen LogP contribution in [-0.2, 0) is 9.53 Å². The largest absolute Gasteiger partial charge is 0.453 e. The number of rotatable bonds is 1. The molecule has 1 atom stereocenters. The molecule has 0 aliphatic carbocycles. The number of amides is 1. The van der Waals surface area contributed by atoms with Gasteiger partial charge in [0.1, 0.15) is 5.54 Å². The minimum absolute atomic E-state index is 0.0235. The van der Waals surface area contributed by atoms with Gasteiger partial charge in [0.25, 0.3) is 0 Å². The summed E-state index contributed by atoms with van der Waals surface area (Å²) < 4.78 is 4.61. The van der Waals surface area contributed by atoms with Gasteiger partial charge in [0.15, 0.2) is 5.78 Å². The van der Waals surface area contributed by atoms with Gasteiger partial charge in [0, 0.05) is 6.54 Å². The fraction of sp³-hybridized carbons (Fsp3) is 0.778. The number of hydrogen-bond acceptors (Lipinski definition) is 3. The molecule has 4 heteroatoms. The molecule has 4 nitrogen and oxygen atoms in total. The van der Waals surface area contributed by atoms with Gasteiger partial charge in [-0.05, 0) is 26.7 Å². The van der Waals surface area contributed by atoms with E-state index >= 15 is 0 Å². The minimum atomic E-state index is -0.646. The van der Waals surface area contributed by atoms with Crippen LogP contribution in [0.5, 0.6) is 0 Å². The van der Waals surface area contributed by atoms with Gasteiger partial charge in [-0.2, -0.15) is 0 Å². The van der Waals surface area contributed by atoms with Gasteiger partial charge >= 0.3 is 6.09 Å². The summed E-state index contributed by atoms with van der Waals surface area (Å²) in [6.07, 6.45) is 1.19. The zero-order chi connectivity index (χ0) is 10.1. The molecule has 0 aromatic heterocycles. The van der Waals surface area contributed by atoms with Crippen LogP contribution in [0, 0.1) is 0 Å². The summed E-state index contributed by atoms with van der Waals surface area (Å²) in [4.78, 5) is 24.1. The van der Waals surface area contributed by atoms with Crippen LogP contribution in [0.3, 0.4) is 0 Å². The molecule has 0 spiro atoms. The normalized spacial score (nSPS) is 27.5. The smallest absolute Gasteiger partial charge is 0.410 e. The number of hydrogen-bond donors (Lipinski definition) is 0. The van der Waals surface area contributed by atoms with Gasteiger partial charge in [-0.1, -0.05) is 0 Å². The predicted molar refractivity (Wildman–Crippen MR) is 47.4 cm³/mol. The number of ketones is 1. The van der Waals surface area contributed by atoms with Crippen molar-refractivity contribution >= 4 is 11.9 Å². The number of carbonyl (C=O) groups excluding carboxylic acids is 2. The highest BCUT2D eigenvalue weighted by atomic mass is 16.5. The molecule has 74 valence electrons. The molecule has 0 radical (unpaired) electrons. The predicted octanol–water partition coefficient (Wildman–Crippen LogP) is 1.20. The molecule has 0 saturated carbocycles. The lowest BCUT2D eigenvalue weighted by Gasteiger charge is -2.31. The summed E-state index contributed by atoms with van der Waals surface area (Å²) in [7, 11) is 1.33. The molecular weight excluding hydrogens is 170 g/mol. The van der Waals surface area contributed by atoms with Crippen LogP contribution in [0.15, 0.2) is 0 Å². The Balaban J connectivity index is 2.85. The van der Waals surface area contributed by atoms with Crippen LogP contribution in [-0.4, -0.2) is 36.0 Å². The Hall–Kier alpha value is -1.06. The van der Waals surface area contributed by atoms with E-state index in [1.807, 2.05) is 0 Å². The Morgan fingerprint density at radius 1 is 1.46 bits per heavy atom. The maximum Gasteiger partial charge on any atom is 0.410 e. The fourth-order valence-corrected chi connectivity index (χ4v) is 1.73. The second-order valence-corrected chi connectivity index (χ2v) is 3.56. The topological polar surface area (TPSA) is 46.6 Å². The highest BCUT2D eigenvalue weighted by Crippen LogP contribution is 2.30. The average molecular weight is 185 g/mol. The molecule has 0 unspecified atom stereocenters. The maximum atomic E-state index is 11.3. The lowest BCUT2D eigenvalue weighted by Crippen LogP contribution is -2.49. The molecule has 1 heterocycles. The Labute approximate surface area is 77.8 Å². The summed E-state index contributed by atoms with van der Waals surface area (Å²) in [6.45, 7) is 3.92. The molecule has 1 fully saturated rings. The highest BCUT2D eigenvalue weighted by molar-refractivity contribution is 5.89. The molecule has 1 saturated heterocycles. The van der Waals surface area contributed by atoms with Crippen molar-refractivity contribution in [2.24, 2.45) is 0 Å². The van der Waals surface area contributed by atoms with E-state index in [9.17, 15) is 9.59 Å². The van der Waals surface area contributed by atoms with E-state index in [4.69, 9.17) is 0 Å². The summed E-state index contributed by atoms with van der Waals surface area (Å²) in [5.74, 6) is 0.0235. The monoisotopic (exact) mass is 185 g/mol. The van der Waals surface area contributed by atoms with Crippen molar-refractivity contribution in [3.05, 3.63) is 0 Å². The standard InChI is InChI=1S/C9H15NO3/c1-7(11)9(2)5-4-6-10(9)8(12)13-3/h4-6H2,1-3H3/t9-/m0/s1. The van der Waals surface area contributed by atoms with Gasteiger partial charge in [-0.25, -0.2) is 4.79 Å². The van der Waals surface area contributed by atoms with Crippen molar-refractivity contribution in [3.8, 4) is 0 Å². The zero-order valence-corrected chi connectivity index (χ0v) is 8.29. The third kappa shape index (κ3) is 1.53. The van der Waals surface area contributed by atoms with E-state index in [1.54, 1.807) is 6.92 Å². The Kier molecular flexibility index (Phi) is 2.59. The molecule has 1 rings (SSSR count). The van der Waals surface area contributed by atoms with Crippen molar-refractivity contribution in [3.63, 3.8) is 0 Å². The molecule has 0 N–H and O–H groups in total. The minimum Gasteiger partial charge on any atom is -0.453 e. The number of likely N-dealkylation sites (tertiary alicyclic amines) is 1. The molecule has 1 amide bonds. The van der Waals surface area contributed by atoms with E-state index in [0.29, 0.717) is 6.54 Å². The average Bonchev–Trinajstić information content (AvgIpc) is 2.47. The summed E-state index contributed by atoms with van der Waals surface area (Å²) >= 11 is 0. The van der Waals surface area contributed by atoms with E-state index in [1.165, 1.54) is 18.9 Å². The zero-order valence-electron chi connectivity index (χ0n) is 8.29. The van der Waals surface area contributed by atoms with E-state index in [0.717, 1.165) is 12.8 Å². The first kappa shape index (κ1) is 10.0. The lowest BCUT2D eigenvalue weighted by molar-refractivity contribution is -0.125. The van der Waals surface area contributed by atoms with Crippen molar-refractivity contribution in [1.82, 2.24) is 4.90 Å². The Bertz CT molecular complexity index is 239. The van der Waals surface area contributed by atoms with Crippen molar-refractivity contribution < 1.29 is 14.3 Å². The van der Waals surface area contributed by atoms with Crippen LogP contribution in [0.25, 0.3) is 0 Å². The molecule has 1 aliphatic rings. The quantitative estimate of drug-likeness (QED) is 0.616. The first-order valence-electron chi connectivity index (χ1n) is 4.39. The van der Waals surface area contributed by atoms with Gasteiger partial charge in [-0.15, -0.1) is 0 Å². The van der Waals surface area contributed by atoms with Gasteiger partial charge in [-0.3, -0.25) is 9.69 Å². The van der Waals surface area contributed by atoms with Gasteiger partial charge < -0.3 is 4.74 Å². The van der Waals surface area contributed by atoms with Crippen LogP contribution < -0.4 is 0 Å². The van der Waals surface area contributed by atoms with Crippen LogP contribution in [0.1, 0.15) is 26.7 Å². The first-order chi connectivity index (χ1) is 6.02. The van der Waals surface area contributed by atoms with Gasteiger partial charge in [0.05, 0.1) is 7.11 Å². The van der Waals surface area contributed by atoms with E-state index in [-0.39, 0.29) is 5.78 Å².